The van der Waals surface area contributed by atoms with Gasteiger partial charge in [-0.05, 0) is 54.5 Å². The van der Waals surface area contributed by atoms with Gasteiger partial charge < -0.3 is 0 Å². The lowest BCUT2D eigenvalue weighted by atomic mass is 9.80. The maximum atomic E-state index is 2.39. The van der Waals surface area contributed by atoms with Gasteiger partial charge in [0.25, 0.3) is 0 Å². The summed E-state index contributed by atoms with van der Waals surface area (Å²) < 4.78 is 0. The zero-order chi connectivity index (χ0) is 16.8. The molecule has 0 bridgehead atoms. The van der Waals surface area contributed by atoms with Gasteiger partial charge >= 0.3 is 0 Å². The Kier molecular flexibility index (Phi) is 3.57. The van der Waals surface area contributed by atoms with Crippen LogP contribution in [-0.4, -0.2) is 0 Å². The van der Waals surface area contributed by atoms with E-state index in [2.05, 4.69) is 88.4 Å². The molecule has 3 aromatic rings. The minimum Gasteiger partial charge on any atom is -0.0590 e. The first-order valence-corrected chi connectivity index (χ1v) is 8.82. The van der Waals surface area contributed by atoms with Gasteiger partial charge in [0.05, 0.1) is 0 Å². The third-order valence-corrected chi connectivity index (χ3v) is 5.48. The summed E-state index contributed by atoms with van der Waals surface area (Å²) in [6, 6.07) is 22.9. The molecule has 1 aliphatic carbocycles. The monoisotopic (exact) mass is 312 g/mol. The van der Waals surface area contributed by atoms with E-state index in [9.17, 15) is 0 Å². The molecule has 0 nitrogen and oxygen atoms in total. The summed E-state index contributed by atoms with van der Waals surface area (Å²) in [7, 11) is 0. The van der Waals surface area contributed by atoms with Crippen molar-refractivity contribution in [1.82, 2.24) is 0 Å². The molecule has 0 N–H and O–H groups in total. The van der Waals surface area contributed by atoms with Crippen LogP contribution in [-0.2, 0) is 0 Å². The van der Waals surface area contributed by atoms with Crippen molar-refractivity contribution in [1.29, 1.82) is 0 Å². The van der Waals surface area contributed by atoms with Crippen molar-refractivity contribution in [3.8, 4) is 11.1 Å². The van der Waals surface area contributed by atoms with Crippen molar-refractivity contribution < 1.29 is 0 Å². The molecule has 0 heteroatoms. The average molecular weight is 312 g/mol. The van der Waals surface area contributed by atoms with E-state index < -0.39 is 0 Å². The van der Waals surface area contributed by atoms with E-state index in [0.29, 0.717) is 11.8 Å². The summed E-state index contributed by atoms with van der Waals surface area (Å²) >= 11 is 0. The number of fused-ring (bicyclic) bond motifs is 3. The predicted molar refractivity (Wildman–Crippen MR) is 103 cm³/mol. The molecule has 24 heavy (non-hydrogen) atoms. The first-order valence-electron chi connectivity index (χ1n) is 8.82. The normalized spacial score (nSPS) is 14.3. The second kappa shape index (κ2) is 5.63. The first-order chi connectivity index (χ1) is 11.5. The minimum absolute atomic E-state index is 0.442. The Hall–Kier alpha value is -2.34. The summed E-state index contributed by atoms with van der Waals surface area (Å²) in [5, 5.41) is 0. The smallest absolute Gasteiger partial charge is 0.0168 e. The summed E-state index contributed by atoms with van der Waals surface area (Å²) in [5.41, 5.74) is 11.3. The first kappa shape index (κ1) is 15.2. The van der Waals surface area contributed by atoms with Crippen LogP contribution in [0.2, 0.25) is 0 Å². The number of aryl methyl sites for hydroxylation is 3. The van der Waals surface area contributed by atoms with Crippen LogP contribution in [0.25, 0.3) is 11.1 Å². The molecule has 0 aromatic heterocycles. The van der Waals surface area contributed by atoms with Gasteiger partial charge in [0.2, 0.25) is 0 Å². The standard InChI is InChI=1S/C24H24/c1-15-5-9-19(10-6-15)18(4)24-22-13-16(2)7-11-20(22)21-12-8-17(3)14-23(21)24/h5-14,18,24H,1-4H3. The number of rotatable bonds is 2. The summed E-state index contributed by atoms with van der Waals surface area (Å²) in [6.45, 7) is 8.92. The highest BCUT2D eigenvalue weighted by Gasteiger charge is 2.33. The second-order valence-electron chi connectivity index (χ2n) is 7.36. The topological polar surface area (TPSA) is 0 Å². The molecule has 1 aliphatic rings. The fraction of sp³-hybridized carbons (Fsp3) is 0.250. The molecule has 1 atom stereocenters. The van der Waals surface area contributed by atoms with Crippen LogP contribution in [0.3, 0.4) is 0 Å². The predicted octanol–water partition coefficient (Wildman–Crippen LogP) is 6.53. The van der Waals surface area contributed by atoms with Gasteiger partial charge in [-0.3, -0.25) is 0 Å². The van der Waals surface area contributed by atoms with Crippen molar-refractivity contribution in [3.05, 3.63) is 94.0 Å². The van der Waals surface area contributed by atoms with Gasteiger partial charge in [-0.1, -0.05) is 84.3 Å². The van der Waals surface area contributed by atoms with Gasteiger partial charge in [-0.25, -0.2) is 0 Å². The number of benzene rings is 3. The maximum absolute atomic E-state index is 2.39. The third-order valence-electron chi connectivity index (χ3n) is 5.48. The largest absolute Gasteiger partial charge is 0.0590 e. The zero-order valence-corrected chi connectivity index (χ0v) is 14.9. The fourth-order valence-corrected chi connectivity index (χ4v) is 4.14. The lowest BCUT2D eigenvalue weighted by Crippen LogP contribution is -2.08. The molecular formula is C24H24. The molecule has 0 saturated heterocycles. The van der Waals surface area contributed by atoms with Crippen molar-refractivity contribution in [2.24, 2.45) is 0 Å². The minimum atomic E-state index is 0.442. The van der Waals surface area contributed by atoms with Crippen LogP contribution in [0.4, 0.5) is 0 Å². The van der Waals surface area contributed by atoms with Crippen molar-refractivity contribution in [2.45, 2.75) is 39.5 Å². The Morgan fingerprint density at radius 1 is 0.625 bits per heavy atom. The Labute approximate surface area is 145 Å². The van der Waals surface area contributed by atoms with Gasteiger partial charge in [0.15, 0.2) is 0 Å². The summed E-state index contributed by atoms with van der Waals surface area (Å²) in [6.07, 6.45) is 0. The van der Waals surface area contributed by atoms with Crippen LogP contribution >= 0.6 is 0 Å². The van der Waals surface area contributed by atoms with Crippen LogP contribution in [0.5, 0.6) is 0 Å². The van der Waals surface area contributed by atoms with Gasteiger partial charge in [0, 0.05) is 5.92 Å². The molecule has 0 spiro atoms. The highest BCUT2D eigenvalue weighted by molar-refractivity contribution is 5.80. The van der Waals surface area contributed by atoms with E-state index in [1.165, 1.54) is 44.5 Å². The van der Waals surface area contributed by atoms with Crippen molar-refractivity contribution in [3.63, 3.8) is 0 Å². The number of hydrogen-bond acceptors (Lipinski definition) is 0. The molecule has 0 saturated carbocycles. The van der Waals surface area contributed by atoms with Gasteiger partial charge in [0.1, 0.15) is 0 Å². The van der Waals surface area contributed by atoms with Crippen LogP contribution in [0, 0.1) is 20.8 Å². The molecule has 4 rings (SSSR count). The molecule has 3 aromatic carbocycles. The molecule has 0 heterocycles. The quantitative estimate of drug-likeness (QED) is 0.505. The zero-order valence-electron chi connectivity index (χ0n) is 14.9. The maximum Gasteiger partial charge on any atom is 0.0168 e. The van der Waals surface area contributed by atoms with Crippen molar-refractivity contribution in [2.75, 3.05) is 0 Å². The number of hydrogen-bond donors (Lipinski definition) is 0. The summed E-state index contributed by atoms with van der Waals surface area (Å²) in [4.78, 5) is 0. The lowest BCUT2D eigenvalue weighted by Gasteiger charge is -2.23. The molecule has 0 radical (unpaired) electrons. The van der Waals surface area contributed by atoms with E-state index >= 15 is 0 Å². The average Bonchev–Trinajstić information content (AvgIpc) is 2.87. The fourth-order valence-electron chi connectivity index (χ4n) is 4.14. The molecule has 120 valence electrons. The Morgan fingerprint density at radius 3 is 1.58 bits per heavy atom. The molecule has 0 fully saturated rings. The Morgan fingerprint density at radius 2 is 1.08 bits per heavy atom. The molecule has 0 aliphatic heterocycles. The van der Waals surface area contributed by atoms with E-state index in [1.807, 2.05) is 0 Å². The third kappa shape index (κ3) is 2.38. The Balaban J connectivity index is 1.89. The lowest BCUT2D eigenvalue weighted by molar-refractivity contribution is 0.669. The van der Waals surface area contributed by atoms with Crippen LogP contribution in [0.15, 0.2) is 60.7 Å². The Bertz CT molecular complexity index is 848. The van der Waals surface area contributed by atoms with E-state index in [0.717, 1.165) is 0 Å². The highest BCUT2D eigenvalue weighted by atomic mass is 14.4. The highest BCUT2D eigenvalue weighted by Crippen LogP contribution is 2.51. The van der Waals surface area contributed by atoms with E-state index in [1.54, 1.807) is 0 Å². The SMILES string of the molecule is Cc1ccc(C(C)C2c3cc(C)ccc3-c3ccc(C)cc32)cc1. The molecule has 0 amide bonds. The molecule has 1 unspecified atom stereocenters. The summed E-state index contributed by atoms with van der Waals surface area (Å²) in [5.74, 6) is 0.909. The van der Waals surface area contributed by atoms with Gasteiger partial charge in [-0.2, -0.15) is 0 Å². The molecular weight excluding hydrogens is 288 g/mol. The van der Waals surface area contributed by atoms with E-state index in [-0.39, 0.29) is 0 Å². The van der Waals surface area contributed by atoms with Crippen LogP contribution in [0.1, 0.15) is 52.1 Å². The van der Waals surface area contributed by atoms with E-state index in [4.69, 9.17) is 0 Å². The van der Waals surface area contributed by atoms with Crippen molar-refractivity contribution >= 4 is 0 Å². The van der Waals surface area contributed by atoms with Gasteiger partial charge in [-0.15, -0.1) is 0 Å². The van der Waals surface area contributed by atoms with Crippen LogP contribution < -0.4 is 0 Å². The second-order valence-corrected chi connectivity index (χ2v) is 7.36.